The third kappa shape index (κ3) is 3.16. The number of aromatic nitrogens is 3. The molecule has 0 spiro atoms. The fraction of sp³-hybridized carbons (Fsp3) is 0.500. The second kappa shape index (κ2) is 7.02. The molecule has 0 saturated carbocycles. The lowest BCUT2D eigenvalue weighted by molar-refractivity contribution is -0.115. The van der Waals surface area contributed by atoms with Crippen molar-refractivity contribution in [2.45, 2.75) is 32.6 Å². The number of nitrogens with zero attached hydrogens (tertiary/aromatic N) is 4. The van der Waals surface area contributed by atoms with Gasteiger partial charge in [-0.2, -0.15) is 0 Å². The Morgan fingerprint density at radius 3 is 3.19 bits per heavy atom. The molecule has 0 aromatic carbocycles. The molecule has 0 N–H and O–H groups in total. The summed E-state index contributed by atoms with van der Waals surface area (Å²) in [6, 6.07) is 1.99. The van der Waals surface area contributed by atoms with Crippen LogP contribution in [0.3, 0.4) is 0 Å². The van der Waals surface area contributed by atoms with Crippen LogP contribution in [0.5, 0.6) is 5.75 Å². The van der Waals surface area contributed by atoms with Crippen LogP contribution in [0.25, 0.3) is 11.0 Å². The summed E-state index contributed by atoms with van der Waals surface area (Å²) in [5.74, 6) is 2.74. The molecule has 2 aliphatic rings. The summed E-state index contributed by atoms with van der Waals surface area (Å²) >= 11 is 0. The van der Waals surface area contributed by atoms with Crippen LogP contribution in [-0.2, 0) is 4.79 Å². The lowest BCUT2D eigenvalue weighted by atomic mass is 9.85. The molecule has 2 atom stereocenters. The van der Waals surface area contributed by atoms with E-state index in [-0.39, 0.29) is 5.78 Å². The summed E-state index contributed by atoms with van der Waals surface area (Å²) in [4.78, 5) is 27.4. The molecule has 4 rings (SSSR count). The molecule has 0 amide bonds. The monoisotopic (exact) mass is 352 g/mol. The van der Waals surface area contributed by atoms with Crippen molar-refractivity contribution < 1.29 is 9.53 Å². The van der Waals surface area contributed by atoms with E-state index in [1.54, 1.807) is 6.33 Å². The summed E-state index contributed by atoms with van der Waals surface area (Å²) < 4.78 is 6.16. The summed E-state index contributed by atoms with van der Waals surface area (Å²) in [5, 5.41) is 0. The Balaban J connectivity index is 1.63. The third-order valence-corrected chi connectivity index (χ3v) is 5.61. The van der Waals surface area contributed by atoms with E-state index in [0.29, 0.717) is 24.9 Å². The van der Waals surface area contributed by atoms with Crippen LogP contribution in [0.1, 0.15) is 31.4 Å². The van der Waals surface area contributed by atoms with E-state index in [1.807, 2.05) is 13.0 Å². The van der Waals surface area contributed by atoms with Crippen molar-refractivity contribution in [1.29, 1.82) is 0 Å². The zero-order chi connectivity index (χ0) is 18.1. The molecule has 0 radical (unpaired) electrons. The number of anilines is 1. The zero-order valence-corrected chi connectivity index (χ0v) is 15.1. The van der Waals surface area contributed by atoms with Crippen LogP contribution < -0.4 is 9.64 Å². The predicted octanol–water partition coefficient (Wildman–Crippen LogP) is 3.09. The quantitative estimate of drug-likeness (QED) is 0.788. The van der Waals surface area contributed by atoms with Gasteiger partial charge in [0.1, 0.15) is 11.8 Å². The lowest BCUT2D eigenvalue weighted by Crippen LogP contribution is -2.31. The number of hydrogen-bond acceptors (Lipinski definition) is 6. The number of aryl methyl sites for hydroxylation is 1. The molecule has 4 heterocycles. The summed E-state index contributed by atoms with van der Waals surface area (Å²) in [6.45, 7) is 8.08. The molecule has 1 saturated heterocycles. The maximum Gasteiger partial charge on any atom is 0.172 e. The van der Waals surface area contributed by atoms with E-state index in [4.69, 9.17) is 9.72 Å². The predicted molar refractivity (Wildman–Crippen MR) is 100 cm³/mol. The number of allylic oxidation sites excluding steroid dienone is 1. The average Bonchev–Trinajstić information content (AvgIpc) is 2.96. The van der Waals surface area contributed by atoms with E-state index < -0.39 is 0 Å². The minimum absolute atomic E-state index is 0.130. The molecule has 6 heteroatoms. The van der Waals surface area contributed by atoms with Crippen LogP contribution in [-0.4, -0.2) is 40.4 Å². The highest BCUT2D eigenvalue weighted by Crippen LogP contribution is 2.38. The minimum Gasteiger partial charge on any atom is -0.489 e. The first kappa shape index (κ1) is 16.9. The van der Waals surface area contributed by atoms with E-state index in [0.717, 1.165) is 60.6 Å². The number of carbonyl (C=O) groups is 1. The topological polar surface area (TPSA) is 68.2 Å². The van der Waals surface area contributed by atoms with Gasteiger partial charge in [0.25, 0.3) is 0 Å². The average molecular weight is 352 g/mol. The van der Waals surface area contributed by atoms with Gasteiger partial charge in [0, 0.05) is 31.5 Å². The van der Waals surface area contributed by atoms with Gasteiger partial charge in [-0.25, -0.2) is 15.0 Å². The van der Waals surface area contributed by atoms with Gasteiger partial charge in [-0.1, -0.05) is 6.58 Å². The van der Waals surface area contributed by atoms with Crippen molar-refractivity contribution in [1.82, 2.24) is 15.0 Å². The molecule has 1 fully saturated rings. The zero-order valence-electron chi connectivity index (χ0n) is 15.1. The fourth-order valence-corrected chi connectivity index (χ4v) is 4.10. The summed E-state index contributed by atoms with van der Waals surface area (Å²) in [6.07, 6.45) is 6.71. The minimum atomic E-state index is 0.130. The van der Waals surface area contributed by atoms with E-state index >= 15 is 0 Å². The van der Waals surface area contributed by atoms with Crippen molar-refractivity contribution >= 4 is 22.6 Å². The summed E-state index contributed by atoms with van der Waals surface area (Å²) in [7, 11) is 0. The Morgan fingerprint density at radius 1 is 1.46 bits per heavy atom. The molecule has 2 aromatic rings. The van der Waals surface area contributed by atoms with Gasteiger partial charge in [-0.3, -0.25) is 4.79 Å². The van der Waals surface area contributed by atoms with E-state index in [1.165, 1.54) is 6.08 Å². The van der Waals surface area contributed by atoms with Gasteiger partial charge < -0.3 is 9.64 Å². The number of pyridine rings is 1. The molecule has 2 bridgehead atoms. The number of ketones is 1. The van der Waals surface area contributed by atoms with Crippen LogP contribution in [0.15, 0.2) is 25.0 Å². The second-order valence-electron chi connectivity index (χ2n) is 7.27. The van der Waals surface area contributed by atoms with Crippen LogP contribution in [0.2, 0.25) is 0 Å². The van der Waals surface area contributed by atoms with Gasteiger partial charge in [-0.15, -0.1) is 0 Å². The van der Waals surface area contributed by atoms with Gasteiger partial charge in [0.15, 0.2) is 17.4 Å². The molecule has 26 heavy (non-hydrogen) atoms. The third-order valence-electron chi connectivity index (χ3n) is 5.61. The summed E-state index contributed by atoms with van der Waals surface area (Å²) in [5.41, 5.74) is 2.54. The van der Waals surface area contributed by atoms with E-state index in [9.17, 15) is 4.79 Å². The molecular formula is C20H24N4O2. The number of rotatable bonds is 4. The first-order valence-electron chi connectivity index (χ1n) is 9.31. The maximum atomic E-state index is 11.6. The van der Waals surface area contributed by atoms with Gasteiger partial charge in [0.05, 0.1) is 17.8 Å². The Labute approximate surface area is 153 Å². The Kier molecular flexibility index (Phi) is 4.57. The van der Waals surface area contributed by atoms with E-state index in [2.05, 4.69) is 21.4 Å². The first-order valence-corrected chi connectivity index (χ1v) is 9.31. The number of carbonyl (C=O) groups excluding carboxylic acids is 1. The largest absolute Gasteiger partial charge is 0.489 e. The van der Waals surface area contributed by atoms with Crippen molar-refractivity contribution in [3.8, 4) is 5.75 Å². The van der Waals surface area contributed by atoms with Gasteiger partial charge >= 0.3 is 0 Å². The molecule has 136 valence electrons. The van der Waals surface area contributed by atoms with Crippen LogP contribution >= 0.6 is 0 Å². The second-order valence-corrected chi connectivity index (χ2v) is 7.27. The highest BCUT2D eigenvalue weighted by Gasteiger charge is 2.32. The molecule has 2 aromatic heterocycles. The lowest BCUT2D eigenvalue weighted by Gasteiger charge is -2.25. The number of fused-ring (bicyclic) bond motifs is 5. The molecule has 1 unspecified atom stereocenters. The highest BCUT2D eigenvalue weighted by molar-refractivity contribution is 5.89. The van der Waals surface area contributed by atoms with Crippen LogP contribution in [0, 0.1) is 18.8 Å². The van der Waals surface area contributed by atoms with Crippen molar-refractivity contribution in [3.05, 3.63) is 30.7 Å². The van der Waals surface area contributed by atoms with Crippen LogP contribution in [0.4, 0.5) is 5.82 Å². The maximum absolute atomic E-state index is 11.6. The highest BCUT2D eigenvalue weighted by atomic mass is 16.5. The number of hydrogen-bond donors (Lipinski definition) is 0. The first-order chi connectivity index (χ1) is 12.7. The Bertz CT molecular complexity index is 851. The Morgan fingerprint density at radius 2 is 2.35 bits per heavy atom. The standard InChI is InChI=1S/C20H24N4O2/c1-3-16(25)7-6-14-5-4-8-24-10-15(14)11-26-18-9-17-19(23-20(18)24)13(2)21-12-22-17/h3,9,12,14-15H,1,4-8,10-11H2,2H3/t14?,15-/m0/s1. The fourth-order valence-electron chi connectivity index (χ4n) is 4.10. The Hall–Kier alpha value is -2.50. The SMILES string of the molecule is C=CC(=O)CCC1CCCN2C[C@H]1COc1cc3ncnc(C)c3nc12. The van der Waals surface area contributed by atoms with Crippen molar-refractivity contribution in [2.24, 2.45) is 11.8 Å². The van der Waals surface area contributed by atoms with Crippen molar-refractivity contribution in [2.75, 3.05) is 24.6 Å². The molecule has 2 aliphatic heterocycles. The smallest absolute Gasteiger partial charge is 0.172 e. The number of ether oxygens (including phenoxy) is 1. The molecule has 0 aliphatic carbocycles. The molecule has 6 nitrogen and oxygen atoms in total. The van der Waals surface area contributed by atoms with Gasteiger partial charge in [0.2, 0.25) is 0 Å². The molecular weight excluding hydrogens is 328 g/mol. The van der Waals surface area contributed by atoms with Crippen molar-refractivity contribution in [3.63, 3.8) is 0 Å². The normalized spacial score (nSPS) is 22.1. The van der Waals surface area contributed by atoms with Gasteiger partial charge in [-0.05, 0) is 38.2 Å².